The van der Waals surface area contributed by atoms with Gasteiger partial charge in [-0.3, -0.25) is 4.40 Å². The zero-order valence-electron chi connectivity index (χ0n) is 10.7. The Balaban J connectivity index is 2.09. The number of imidazole rings is 1. The molecule has 0 unspecified atom stereocenters. The van der Waals surface area contributed by atoms with Crippen LogP contribution in [0.15, 0.2) is 36.7 Å². The lowest BCUT2D eigenvalue weighted by molar-refractivity contribution is 0.340. The van der Waals surface area contributed by atoms with Crippen molar-refractivity contribution in [2.45, 2.75) is 13.5 Å². The number of thiazole rings is 1. The number of rotatable bonds is 4. The van der Waals surface area contributed by atoms with Crippen LogP contribution in [-0.2, 0) is 6.54 Å². The minimum Gasteiger partial charge on any atom is -0.494 e. The van der Waals surface area contributed by atoms with Crippen molar-refractivity contribution in [3.8, 4) is 17.0 Å². The molecule has 4 nitrogen and oxygen atoms in total. The molecule has 3 rings (SSSR count). The normalized spacial score (nSPS) is 11.1. The van der Waals surface area contributed by atoms with E-state index in [4.69, 9.17) is 10.5 Å². The fraction of sp³-hybridized carbons (Fsp3) is 0.214. The summed E-state index contributed by atoms with van der Waals surface area (Å²) < 4.78 is 7.55. The fourth-order valence-corrected chi connectivity index (χ4v) is 3.12. The quantitative estimate of drug-likeness (QED) is 0.795. The van der Waals surface area contributed by atoms with E-state index < -0.39 is 0 Å². The Morgan fingerprint density at radius 1 is 1.32 bits per heavy atom. The summed E-state index contributed by atoms with van der Waals surface area (Å²) >= 11 is 1.64. The van der Waals surface area contributed by atoms with Gasteiger partial charge in [0.15, 0.2) is 4.96 Å². The van der Waals surface area contributed by atoms with Crippen LogP contribution in [0.4, 0.5) is 0 Å². The molecule has 1 aromatic carbocycles. The van der Waals surface area contributed by atoms with E-state index in [-0.39, 0.29) is 0 Å². The first-order valence-electron chi connectivity index (χ1n) is 6.21. The van der Waals surface area contributed by atoms with E-state index in [2.05, 4.69) is 21.5 Å². The first kappa shape index (κ1) is 12.2. The molecule has 0 amide bonds. The van der Waals surface area contributed by atoms with Crippen LogP contribution in [-0.4, -0.2) is 16.0 Å². The van der Waals surface area contributed by atoms with Gasteiger partial charge in [0.05, 0.1) is 12.3 Å². The van der Waals surface area contributed by atoms with Crippen molar-refractivity contribution in [2.75, 3.05) is 6.61 Å². The molecule has 2 heterocycles. The Morgan fingerprint density at radius 3 is 2.79 bits per heavy atom. The van der Waals surface area contributed by atoms with Crippen molar-refractivity contribution in [2.24, 2.45) is 5.73 Å². The summed E-state index contributed by atoms with van der Waals surface area (Å²) in [5, 5.41) is 0. The third kappa shape index (κ3) is 2.11. The van der Waals surface area contributed by atoms with Crippen molar-refractivity contribution in [3.63, 3.8) is 0 Å². The first-order valence-corrected chi connectivity index (χ1v) is 7.03. The van der Waals surface area contributed by atoms with Gasteiger partial charge in [0, 0.05) is 23.8 Å². The monoisotopic (exact) mass is 273 g/mol. The molecule has 0 bridgehead atoms. The van der Waals surface area contributed by atoms with Gasteiger partial charge in [0.25, 0.3) is 0 Å². The molecule has 2 aromatic heterocycles. The van der Waals surface area contributed by atoms with Crippen LogP contribution >= 0.6 is 11.3 Å². The molecule has 19 heavy (non-hydrogen) atoms. The molecule has 0 fully saturated rings. The highest BCUT2D eigenvalue weighted by Crippen LogP contribution is 2.32. The van der Waals surface area contributed by atoms with Crippen LogP contribution < -0.4 is 10.5 Å². The Kier molecular flexibility index (Phi) is 3.23. The number of nitrogens with zero attached hydrogens (tertiary/aromatic N) is 2. The summed E-state index contributed by atoms with van der Waals surface area (Å²) in [7, 11) is 0. The predicted octanol–water partition coefficient (Wildman–Crippen LogP) is 2.92. The van der Waals surface area contributed by atoms with Gasteiger partial charge in [0.2, 0.25) is 0 Å². The molecular weight excluding hydrogens is 258 g/mol. The summed E-state index contributed by atoms with van der Waals surface area (Å²) in [6.45, 7) is 3.18. The predicted molar refractivity (Wildman–Crippen MR) is 77.6 cm³/mol. The van der Waals surface area contributed by atoms with Gasteiger partial charge in [-0.1, -0.05) is 11.3 Å². The zero-order valence-corrected chi connectivity index (χ0v) is 11.5. The standard InChI is InChI=1S/C14H15N3OS/c1-2-18-11-5-3-10(4-6-11)13-12(9-15)19-14-16-7-8-17(13)14/h3-8H,2,9,15H2,1H3. The summed E-state index contributed by atoms with van der Waals surface area (Å²) in [6, 6.07) is 8.09. The molecule has 0 aliphatic carbocycles. The van der Waals surface area contributed by atoms with Crippen molar-refractivity contribution in [1.29, 1.82) is 0 Å². The Morgan fingerprint density at radius 2 is 2.11 bits per heavy atom. The third-order valence-corrected chi connectivity index (χ3v) is 4.04. The molecule has 0 saturated heterocycles. The maximum absolute atomic E-state index is 5.83. The van der Waals surface area contributed by atoms with E-state index in [0.717, 1.165) is 26.8 Å². The molecule has 0 atom stereocenters. The number of benzene rings is 1. The Bertz CT molecular complexity index is 684. The van der Waals surface area contributed by atoms with Crippen molar-refractivity contribution < 1.29 is 4.74 Å². The SMILES string of the molecule is CCOc1ccc(-c2c(CN)sc3nccn23)cc1. The van der Waals surface area contributed by atoms with Crippen molar-refractivity contribution in [1.82, 2.24) is 9.38 Å². The van der Waals surface area contributed by atoms with E-state index in [1.165, 1.54) is 0 Å². The molecule has 0 aliphatic heterocycles. The number of aromatic nitrogens is 2. The second kappa shape index (κ2) is 5.03. The van der Waals surface area contributed by atoms with Crippen LogP contribution in [0.3, 0.4) is 0 Å². The third-order valence-electron chi connectivity index (χ3n) is 2.95. The van der Waals surface area contributed by atoms with Crippen molar-refractivity contribution >= 4 is 16.3 Å². The number of nitrogens with two attached hydrogens (primary N) is 1. The van der Waals surface area contributed by atoms with E-state index >= 15 is 0 Å². The van der Waals surface area contributed by atoms with Gasteiger partial charge in [0.1, 0.15) is 5.75 Å². The average Bonchev–Trinajstić information content (AvgIpc) is 3.00. The number of hydrogen-bond donors (Lipinski definition) is 1. The van der Waals surface area contributed by atoms with Crippen LogP contribution in [0.25, 0.3) is 16.2 Å². The average molecular weight is 273 g/mol. The van der Waals surface area contributed by atoms with E-state index in [0.29, 0.717) is 13.2 Å². The highest BCUT2D eigenvalue weighted by atomic mass is 32.1. The van der Waals surface area contributed by atoms with E-state index in [1.54, 1.807) is 11.3 Å². The largest absolute Gasteiger partial charge is 0.494 e. The summed E-state index contributed by atoms with van der Waals surface area (Å²) in [5.74, 6) is 0.887. The summed E-state index contributed by atoms with van der Waals surface area (Å²) in [6.07, 6.45) is 3.78. The first-order chi connectivity index (χ1) is 9.33. The maximum Gasteiger partial charge on any atom is 0.194 e. The lowest BCUT2D eigenvalue weighted by Gasteiger charge is -2.06. The molecule has 98 valence electrons. The smallest absolute Gasteiger partial charge is 0.194 e. The molecule has 0 aliphatic rings. The second-order valence-corrected chi connectivity index (χ2v) is 5.18. The Labute approximate surface area is 115 Å². The highest BCUT2D eigenvalue weighted by Gasteiger charge is 2.13. The molecule has 2 N–H and O–H groups in total. The number of hydrogen-bond acceptors (Lipinski definition) is 4. The minimum atomic E-state index is 0.524. The summed E-state index contributed by atoms with van der Waals surface area (Å²) in [5.41, 5.74) is 8.09. The molecular formula is C14H15N3OS. The van der Waals surface area contributed by atoms with Gasteiger partial charge in [-0.15, -0.1) is 0 Å². The summed E-state index contributed by atoms with van der Waals surface area (Å²) in [4.78, 5) is 6.44. The van der Waals surface area contributed by atoms with Gasteiger partial charge < -0.3 is 10.5 Å². The zero-order chi connectivity index (χ0) is 13.2. The molecule has 3 aromatic rings. The topological polar surface area (TPSA) is 52.5 Å². The molecule has 0 saturated carbocycles. The van der Waals surface area contributed by atoms with E-state index in [9.17, 15) is 0 Å². The molecule has 0 radical (unpaired) electrons. The maximum atomic E-state index is 5.83. The van der Waals surface area contributed by atoms with E-state index in [1.807, 2.05) is 31.5 Å². The Hall–Kier alpha value is -1.85. The van der Waals surface area contributed by atoms with Gasteiger partial charge in [-0.2, -0.15) is 0 Å². The van der Waals surface area contributed by atoms with Gasteiger partial charge in [-0.25, -0.2) is 4.98 Å². The van der Waals surface area contributed by atoms with Crippen LogP contribution in [0.5, 0.6) is 5.75 Å². The van der Waals surface area contributed by atoms with Crippen LogP contribution in [0.2, 0.25) is 0 Å². The minimum absolute atomic E-state index is 0.524. The number of ether oxygens (including phenoxy) is 1. The number of fused-ring (bicyclic) bond motifs is 1. The lowest BCUT2D eigenvalue weighted by Crippen LogP contribution is -1.97. The molecule has 5 heteroatoms. The van der Waals surface area contributed by atoms with Crippen LogP contribution in [0.1, 0.15) is 11.8 Å². The van der Waals surface area contributed by atoms with Gasteiger partial charge in [-0.05, 0) is 36.8 Å². The highest BCUT2D eigenvalue weighted by molar-refractivity contribution is 7.17. The van der Waals surface area contributed by atoms with Crippen molar-refractivity contribution in [3.05, 3.63) is 41.5 Å². The lowest BCUT2D eigenvalue weighted by atomic mass is 10.1. The van der Waals surface area contributed by atoms with Crippen LogP contribution in [0, 0.1) is 0 Å². The second-order valence-electron chi connectivity index (χ2n) is 4.12. The molecule has 0 spiro atoms. The fourth-order valence-electron chi connectivity index (χ4n) is 2.14. The van der Waals surface area contributed by atoms with Gasteiger partial charge >= 0.3 is 0 Å².